The highest BCUT2D eigenvalue weighted by molar-refractivity contribution is 6.07. The third-order valence-corrected chi connectivity index (χ3v) is 4.13. The van der Waals surface area contributed by atoms with Crippen LogP contribution in [0.3, 0.4) is 0 Å². The van der Waals surface area contributed by atoms with Crippen molar-refractivity contribution >= 4 is 11.6 Å². The van der Waals surface area contributed by atoms with E-state index in [-0.39, 0.29) is 5.91 Å². The normalized spacial score (nSPS) is 16.9. The van der Waals surface area contributed by atoms with Crippen molar-refractivity contribution in [3.8, 4) is 0 Å². The number of fused-ring (bicyclic) bond motifs is 1. The van der Waals surface area contributed by atoms with E-state index in [1.165, 1.54) is 5.56 Å². The third kappa shape index (κ3) is 2.57. The number of nitrogens with two attached hydrogens (primary N) is 1. The van der Waals surface area contributed by atoms with E-state index in [0.717, 1.165) is 29.8 Å². The van der Waals surface area contributed by atoms with E-state index in [9.17, 15) is 4.79 Å². The van der Waals surface area contributed by atoms with Gasteiger partial charge in [-0.1, -0.05) is 35.9 Å². The first kappa shape index (κ1) is 13.8. The van der Waals surface area contributed by atoms with Crippen LogP contribution >= 0.6 is 0 Å². The predicted octanol–water partition coefficient (Wildman–Crippen LogP) is 3.09. The van der Waals surface area contributed by atoms with Gasteiger partial charge in [0.15, 0.2) is 0 Å². The number of para-hydroxylation sites is 1. The number of rotatable bonds is 3. The Morgan fingerprint density at radius 3 is 2.62 bits per heavy atom. The van der Waals surface area contributed by atoms with Crippen LogP contribution in [0.5, 0.6) is 0 Å². The summed E-state index contributed by atoms with van der Waals surface area (Å²) in [6.07, 6.45) is 0.911. The van der Waals surface area contributed by atoms with E-state index in [2.05, 4.69) is 6.07 Å². The second kappa shape index (κ2) is 5.70. The van der Waals surface area contributed by atoms with Gasteiger partial charge in [-0.25, -0.2) is 0 Å². The van der Waals surface area contributed by atoms with Crippen molar-refractivity contribution < 1.29 is 4.79 Å². The number of anilines is 1. The highest BCUT2D eigenvalue weighted by Gasteiger charge is 2.31. The van der Waals surface area contributed by atoms with Crippen LogP contribution < -0.4 is 10.6 Å². The summed E-state index contributed by atoms with van der Waals surface area (Å²) in [7, 11) is 0. The second-order valence-electron chi connectivity index (χ2n) is 5.61. The number of carbonyl (C=O) groups is 1. The molecule has 2 aromatic rings. The molecule has 0 bridgehead atoms. The van der Waals surface area contributed by atoms with E-state index >= 15 is 0 Å². The molecular formula is C18H20N2O. The summed E-state index contributed by atoms with van der Waals surface area (Å²) in [5.74, 6) is 0.419. The zero-order chi connectivity index (χ0) is 14.8. The van der Waals surface area contributed by atoms with Crippen molar-refractivity contribution in [2.75, 3.05) is 18.0 Å². The Hall–Kier alpha value is -2.13. The van der Waals surface area contributed by atoms with Gasteiger partial charge < -0.3 is 10.6 Å². The van der Waals surface area contributed by atoms with Crippen molar-refractivity contribution in [2.24, 2.45) is 5.73 Å². The Morgan fingerprint density at radius 1 is 1.19 bits per heavy atom. The number of benzene rings is 2. The van der Waals surface area contributed by atoms with Crippen LogP contribution in [0.2, 0.25) is 0 Å². The monoisotopic (exact) mass is 280 g/mol. The average molecular weight is 280 g/mol. The largest absolute Gasteiger partial charge is 0.330 e. The van der Waals surface area contributed by atoms with Crippen LogP contribution in [-0.4, -0.2) is 19.0 Å². The number of hydrogen-bond donors (Lipinski definition) is 1. The van der Waals surface area contributed by atoms with Crippen LogP contribution in [0.15, 0.2) is 48.5 Å². The van der Waals surface area contributed by atoms with Crippen molar-refractivity contribution in [1.29, 1.82) is 0 Å². The van der Waals surface area contributed by atoms with Crippen molar-refractivity contribution in [2.45, 2.75) is 19.3 Å². The maximum Gasteiger partial charge on any atom is 0.258 e. The van der Waals surface area contributed by atoms with Gasteiger partial charge in [-0.3, -0.25) is 4.79 Å². The SMILES string of the molecule is Cc1ccc(C(=O)N2CC(CCN)c3ccccc32)cc1. The lowest BCUT2D eigenvalue weighted by Gasteiger charge is -2.18. The van der Waals surface area contributed by atoms with Crippen molar-refractivity contribution in [3.63, 3.8) is 0 Å². The predicted molar refractivity (Wildman–Crippen MR) is 85.7 cm³/mol. The summed E-state index contributed by atoms with van der Waals surface area (Å²) in [5.41, 5.74) is 9.88. The molecule has 1 aliphatic heterocycles. The molecule has 0 saturated heterocycles. The van der Waals surface area contributed by atoms with Crippen molar-refractivity contribution in [3.05, 3.63) is 65.2 Å². The first-order valence-corrected chi connectivity index (χ1v) is 7.38. The second-order valence-corrected chi connectivity index (χ2v) is 5.61. The Morgan fingerprint density at radius 2 is 1.90 bits per heavy atom. The summed E-state index contributed by atoms with van der Waals surface area (Å²) in [6, 6.07) is 15.9. The van der Waals surface area contributed by atoms with E-state index < -0.39 is 0 Å². The lowest BCUT2D eigenvalue weighted by atomic mass is 9.98. The van der Waals surface area contributed by atoms with Gasteiger partial charge in [0.1, 0.15) is 0 Å². The molecule has 3 rings (SSSR count). The number of hydrogen-bond acceptors (Lipinski definition) is 2. The highest BCUT2D eigenvalue weighted by atomic mass is 16.2. The minimum atomic E-state index is 0.0713. The van der Waals surface area contributed by atoms with E-state index in [1.807, 2.05) is 54.3 Å². The molecule has 0 radical (unpaired) electrons. The maximum atomic E-state index is 12.8. The summed E-state index contributed by atoms with van der Waals surface area (Å²) >= 11 is 0. The highest BCUT2D eigenvalue weighted by Crippen LogP contribution is 2.38. The molecule has 1 aliphatic rings. The summed E-state index contributed by atoms with van der Waals surface area (Å²) in [5, 5.41) is 0. The molecule has 0 saturated carbocycles. The van der Waals surface area contributed by atoms with Crippen molar-refractivity contribution in [1.82, 2.24) is 0 Å². The Kier molecular flexibility index (Phi) is 3.76. The standard InChI is InChI=1S/C18H20N2O/c1-13-6-8-14(9-7-13)18(21)20-12-15(10-11-19)16-4-2-3-5-17(16)20/h2-9,15H,10-12,19H2,1H3. The van der Waals surface area contributed by atoms with Crippen LogP contribution in [-0.2, 0) is 0 Å². The molecule has 3 nitrogen and oxygen atoms in total. The van der Waals surface area contributed by atoms with Crippen LogP contribution in [0.25, 0.3) is 0 Å². The molecule has 1 amide bonds. The molecule has 0 fully saturated rings. The summed E-state index contributed by atoms with van der Waals surface area (Å²) < 4.78 is 0. The number of carbonyl (C=O) groups excluding carboxylic acids is 1. The lowest BCUT2D eigenvalue weighted by molar-refractivity contribution is 0.0988. The molecule has 108 valence electrons. The molecule has 2 N–H and O–H groups in total. The zero-order valence-electron chi connectivity index (χ0n) is 12.3. The summed E-state index contributed by atoms with van der Waals surface area (Å²) in [6.45, 7) is 3.39. The van der Waals surface area contributed by atoms with Gasteiger partial charge in [0.25, 0.3) is 5.91 Å². The Balaban J connectivity index is 1.92. The summed E-state index contributed by atoms with van der Waals surface area (Å²) in [4.78, 5) is 14.7. The molecule has 2 aromatic carbocycles. The fourth-order valence-corrected chi connectivity index (χ4v) is 2.99. The molecule has 21 heavy (non-hydrogen) atoms. The molecule has 1 heterocycles. The molecule has 1 atom stereocenters. The smallest absolute Gasteiger partial charge is 0.258 e. The van der Waals surface area contributed by atoms with Gasteiger partial charge in [-0.05, 0) is 43.7 Å². The Bertz CT molecular complexity index is 649. The van der Waals surface area contributed by atoms with Gasteiger partial charge >= 0.3 is 0 Å². The van der Waals surface area contributed by atoms with E-state index in [0.29, 0.717) is 12.5 Å². The quantitative estimate of drug-likeness (QED) is 0.939. The number of nitrogens with zero attached hydrogens (tertiary/aromatic N) is 1. The first-order chi connectivity index (χ1) is 10.2. The molecule has 0 aromatic heterocycles. The molecule has 3 heteroatoms. The van der Waals surface area contributed by atoms with Crippen LogP contribution in [0, 0.1) is 6.92 Å². The molecule has 1 unspecified atom stereocenters. The van der Waals surface area contributed by atoms with Crippen LogP contribution in [0.1, 0.15) is 33.8 Å². The molecular weight excluding hydrogens is 260 g/mol. The van der Waals surface area contributed by atoms with Gasteiger partial charge in [0.2, 0.25) is 0 Å². The lowest BCUT2D eigenvalue weighted by Crippen LogP contribution is -2.30. The minimum absolute atomic E-state index is 0.0713. The van der Waals surface area contributed by atoms with E-state index in [1.54, 1.807) is 0 Å². The minimum Gasteiger partial charge on any atom is -0.330 e. The third-order valence-electron chi connectivity index (χ3n) is 4.13. The molecule has 0 aliphatic carbocycles. The van der Waals surface area contributed by atoms with Gasteiger partial charge in [0.05, 0.1) is 0 Å². The Labute approximate surface area is 125 Å². The maximum absolute atomic E-state index is 12.8. The zero-order valence-corrected chi connectivity index (χ0v) is 12.3. The van der Waals surface area contributed by atoms with E-state index in [4.69, 9.17) is 5.73 Å². The van der Waals surface area contributed by atoms with Gasteiger partial charge in [-0.2, -0.15) is 0 Å². The number of amides is 1. The topological polar surface area (TPSA) is 46.3 Å². The first-order valence-electron chi connectivity index (χ1n) is 7.38. The average Bonchev–Trinajstić information content (AvgIpc) is 2.87. The van der Waals surface area contributed by atoms with Gasteiger partial charge in [-0.15, -0.1) is 0 Å². The fraction of sp³-hybridized carbons (Fsp3) is 0.278. The number of aryl methyl sites for hydroxylation is 1. The fourth-order valence-electron chi connectivity index (χ4n) is 2.99. The molecule has 0 spiro atoms. The van der Waals surface area contributed by atoms with Gasteiger partial charge in [0, 0.05) is 23.7 Å². The van der Waals surface area contributed by atoms with Crippen LogP contribution in [0.4, 0.5) is 5.69 Å².